The summed E-state index contributed by atoms with van der Waals surface area (Å²) in [4.78, 5) is 0. The van der Waals surface area contributed by atoms with Crippen LogP contribution in [-0.2, 0) is 0 Å². The van der Waals surface area contributed by atoms with Gasteiger partial charge in [0.2, 0.25) is 0 Å². The summed E-state index contributed by atoms with van der Waals surface area (Å²) >= 11 is 3.80. The van der Waals surface area contributed by atoms with Gasteiger partial charge < -0.3 is 5.32 Å². The third-order valence-corrected chi connectivity index (χ3v) is 5.44. The first-order valence-electron chi connectivity index (χ1n) is 7.72. The van der Waals surface area contributed by atoms with E-state index in [9.17, 15) is 0 Å². The van der Waals surface area contributed by atoms with E-state index in [4.69, 9.17) is 0 Å². The monoisotopic (exact) mass is 323 g/mol. The third kappa shape index (κ3) is 3.82. The summed E-state index contributed by atoms with van der Waals surface area (Å²) in [6, 6.07) is 7.17. The van der Waals surface area contributed by atoms with Gasteiger partial charge in [0.15, 0.2) is 0 Å². The van der Waals surface area contributed by atoms with Crippen molar-refractivity contribution in [3.63, 3.8) is 0 Å². The van der Waals surface area contributed by atoms with Crippen LogP contribution in [0.25, 0.3) is 0 Å². The highest BCUT2D eigenvalue weighted by Gasteiger charge is 2.25. The van der Waals surface area contributed by atoms with Crippen molar-refractivity contribution < 1.29 is 0 Å². The maximum atomic E-state index is 3.80. The highest BCUT2D eigenvalue weighted by Crippen LogP contribution is 2.37. The number of hydrogen-bond donors (Lipinski definition) is 1. The summed E-state index contributed by atoms with van der Waals surface area (Å²) in [5.41, 5.74) is 2.79. The summed E-state index contributed by atoms with van der Waals surface area (Å²) < 4.78 is 1.30. The molecule has 0 radical (unpaired) electrons. The van der Waals surface area contributed by atoms with Gasteiger partial charge in [0.25, 0.3) is 0 Å². The van der Waals surface area contributed by atoms with Crippen LogP contribution in [-0.4, -0.2) is 6.54 Å². The number of hydrogen-bond acceptors (Lipinski definition) is 1. The maximum Gasteiger partial charge on any atom is 0.0359 e. The summed E-state index contributed by atoms with van der Waals surface area (Å²) in [6.07, 6.45) is 8.39. The van der Waals surface area contributed by atoms with Crippen molar-refractivity contribution in [2.75, 3.05) is 6.54 Å². The van der Waals surface area contributed by atoms with Crippen molar-refractivity contribution in [2.45, 2.75) is 58.4 Å². The molecule has 0 spiro atoms. The summed E-state index contributed by atoms with van der Waals surface area (Å²) in [6.45, 7) is 5.44. The van der Waals surface area contributed by atoms with E-state index in [-0.39, 0.29) is 0 Å². The lowest BCUT2D eigenvalue weighted by Crippen LogP contribution is -2.28. The number of nitrogens with one attached hydrogen (secondary N) is 1. The van der Waals surface area contributed by atoms with Crippen LogP contribution in [0.2, 0.25) is 0 Å². The molecule has 1 aromatic rings. The van der Waals surface area contributed by atoms with E-state index >= 15 is 0 Å². The molecular formula is C17H26BrN. The largest absolute Gasteiger partial charge is 0.310 e. The van der Waals surface area contributed by atoms with E-state index in [0.717, 1.165) is 12.5 Å². The van der Waals surface area contributed by atoms with Crippen molar-refractivity contribution >= 4 is 15.9 Å². The van der Waals surface area contributed by atoms with Crippen LogP contribution in [0.15, 0.2) is 22.7 Å². The van der Waals surface area contributed by atoms with Crippen molar-refractivity contribution in [1.82, 2.24) is 5.32 Å². The number of benzene rings is 1. The lowest BCUT2D eigenvalue weighted by molar-refractivity contribution is 0.329. The van der Waals surface area contributed by atoms with Gasteiger partial charge in [-0.25, -0.2) is 0 Å². The standard InChI is InChI=1S/C17H26BrN/c1-3-19-17(14-10-6-4-5-7-11-14)15-12-8-9-13(2)16(15)18/h8-9,12,14,17,19H,3-7,10-11H2,1-2H3. The van der Waals surface area contributed by atoms with Gasteiger partial charge in [-0.15, -0.1) is 0 Å². The molecule has 0 amide bonds. The Kier molecular flexibility index (Phi) is 5.90. The molecule has 1 nitrogen and oxygen atoms in total. The predicted octanol–water partition coefficient (Wildman–Crippen LogP) is 5.38. The molecule has 1 fully saturated rings. The molecule has 2 rings (SSSR count). The van der Waals surface area contributed by atoms with Crippen LogP contribution in [0.5, 0.6) is 0 Å². The van der Waals surface area contributed by atoms with Crippen LogP contribution in [0.1, 0.15) is 62.6 Å². The zero-order valence-corrected chi connectivity index (χ0v) is 13.8. The molecule has 1 aliphatic carbocycles. The number of aryl methyl sites for hydroxylation is 1. The molecule has 1 atom stereocenters. The molecule has 1 aliphatic rings. The van der Waals surface area contributed by atoms with Gasteiger partial charge in [0.1, 0.15) is 0 Å². The van der Waals surface area contributed by atoms with Crippen molar-refractivity contribution in [3.05, 3.63) is 33.8 Å². The zero-order valence-electron chi connectivity index (χ0n) is 12.2. The Bertz CT molecular complexity index is 394. The first-order chi connectivity index (χ1) is 9.24. The number of rotatable bonds is 4. The van der Waals surface area contributed by atoms with Crippen molar-refractivity contribution in [1.29, 1.82) is 0 Å². The topological polar surface area (TPSA) is 12.0 Å². The first kappa shape index (κ1) is 15.1. The van der Waals surface area contributed by atoms with Gasteiger partial charge in [0.05, 0.1) is 0 Å². The van der Waals surface area contributed by atoms with E-state index in [1.165, 1.54) is 54.1 Å². The molecule has 19 heavy (non-hydrogen) atoms. The second kappa shape index (κ2) is 7.44. The van der Waals surface area contributed by atoms with Gasteiger partial charge in [-0.2, -0.15) is 0 Å². The fourth-order valence-electron chi connectivity index (χ4n) is 3.31. The maximum absolute atomic E-state index is 3.80. The average molecular weight is 324 g/mol. The molecule has 0 aromatic heterocycles. The molecule has 2 heteroatoms. The van der Waals surface area contributed by atoms with Gasteiger partial charge in [0, 0.05) is 10.5 Å². The van der Waals surface area contributed by atoms with Gasteiger partial charge in [-0.05, 0) is 43.4 Å². The van der Waals surface area contributed by atoms with Crippen molar-refractivity contribution in [3.8, 4) is 0 Å². The van der Waals surface area contributed by atoms with Gasteiger partial charge in [-0.1, -0.05) is 66.7 Å². The second-order valence-electron chi connectivity index (χ2n) is 5.77. The van der Waals surface area contributed by atoms with Gasteiger partial charge in [-0.3, -0.25) is 0 Å². The zero-order chi connectivity index (χ0) is 13.7. The highest BCUT2D eigenvalue weighted by molar-refractivity contribution is 9.10. The molecule has 0 saturated heterocycles. The third-order valence-electron chi connectivity index (χ3n) is 4.35. The molecule has 0 heterocycles. The minimum Gasteiger partial charge on any atom is -0.310 e. The summed E-state index contributed by atoms with van der Waals surface area (Å²) in [7, 11) is 0. The summed E-state index contributed by atoms with van der Waals surface area (Å²) in [5, 5.41) is 3.73. The quantitative estimate of drug-likeness (QED) is 0.733. The fraction of sp³-hybridized carbons (Fsp3) is 0.647. The van der Waals surface area contributed by atoms with E-state index in [0.29, 0.717) is 6.04 Å². The minimum atomic E-state index is 0.511. The van der Waals surface area contributed by atoms with Crippen molar-refractivity contribution in [2.24, 2.45) is 5.92 Å². The van der Waals surface area contributed by atoms with E-state index in [1.807, 2.05) is 0 Å². The average Bonchev–Trinajstić information content (AvgIpc) is 2.68. The Morgan fingerprint density at radius 3 is 2.53 bits per heavy atom. The normalized spacial score (nSPS) is 19.1. The fourth-order valence-corrected chi connectivity index (χ4v) is 3.82. The Balaban J connectivity index is 2.25. The minimum absolute atomic E-state index is 0.511. The molecule has 106 valence electrons. The molecule has 0 bridgehead atoms. The van der Waals surface area contributed by atoms with E-state index < -0.39 is 0 Å². The van der Waals surface area contributed by atoms with Crippen LogP contribution in [0.3, 0.4) is 0 Å². The lowest BCUT2D eigenvalue weighted by atomic mass is 9.86. The summed E-state index contributed by atoms with van der Waals surface area (Å²) in [5.74, 6) is 0.792. The Labute approximate surface area is 126 Å². The van der Waals surface area contributed by atoms with Gasteiger partial charge >= 0.3 is 0 Å². The Morgan fingerprint density at radius 2 is 1.89 bits per heavy atom. The first-order valence-corrected chi connectivity index (χ1v) is 8.51. The molecule has 1 aromatic carbocycles. The predicted molar refractivity (Wildman–Crippen MR) is 86.5 cm³/mol. The molecular weight excluding hydrogens is 298 g/mol. The SMILES string of the molecule is CCNC(c1cccc(C)c1Br)C1CCCCCC1. The number of halogens is 1. The van der Waals surface area contributed by atoms with E-state index in [1.54, 1.807) is 0 Å². The Hall–Kier alpha value is -0.340. The smallest absolute Gasteiger partial charge is 0.0359 e. The van der Waals surface area contributed by atoms with Crippen LogP contribution in [0, 0.1) is 12.8 Å². The molecule has 1 unspecified atom stereocenters. The molecule has 1 saturated carbocycles. The highest BCUT2D eigenvalue weighted by atomic mass is 79.9. The van der Waals surface area contributed by atoms with E-state index in [2.05, 4.69) is 53.3 Å². The second-order valence-corrected chi connectivity index (χ2v) is 6.56. The van der Waals surface area contributed by atoms with Crippen LogP contribution < -0.4 is 5.32 Å². The Morgan fingerprint density at radius 1 is 1.21 bits per heavy atom. The lowest BCUT2D eigenvalue weighted by Gasteiger charge is -2.28. The van der Waals surface area contributed by atoms with Crippen LogP contribution >= 0.6 is 15.9 Å². The molecule has 0 aliphatic heterocycles. The van der Waals surface area contributed by atoms with Crippen LogP contribution in [0.4, 0.5) is 0 Å². The molecule has 1 N–H and O–H groups in total.